The van der Waals surface area contributed by atoms with Gasteiger partial charge in [0.2, 0.25) is 0 Å². The summed E-state index contributed by atoms with van der Waals surface area (Å²) in [6.07, 6.45) is 3.25. The van der Waals surface area contributed by atoms with Gasteiger partial charge in [0.25, 0.3) is 5.91 Å². The molecule has 0 spiro atoms. The minimum absolute atomic E-state index is 0.178. The molecule has 0 atom stereocenters. The zero-order valence-corrected chi connectivity index (χ0v) is 9.15. The number of nitrogens with zero attached hydrogens (tertiary/aromatic N) is 1. The smallest absolute Gasteiger partial charge is 0.259 e. The van der Waals surface area contributed by atoms with Crippen molar-refractivity contribution in [2.45, 2.75) is 13.8 Å². The van der Waals surface area contributed by atoms with E-state index < -0.39 is 0 Å². The van der Waals surface area contributed by atoms with Crippen molar-refractivity contribution in [1.82, 2.24) is 4.98 Å². The quantitative estimate of drug-likeness (QED) is 0.839. The van der Waals surface area contributed by atoms with Gasteiger partial charge in [-0.2, -0.15) is 0 Å². The molecule has 2 rings (SSSR count). The average Bonchev–Trinajstić information content (AvgIpc) is 2.59. The van der Waals surface area contributed by atoms with Gasteiger partial charge in [0, 0.05) is 6.20 Å². The zero-order valence-electron chi connectivity index (χ0n) is 9.15. The second kappa shape index (κ2) is 4.18. The van der Waals surface area contributed by atoms with Crippen LogP contribution in [0.25, 0.3) is 0 Å². The first-order valence-corrected chi connectivity index (χ1v) is 4.95. The van der Waals surface area contributed by atoms with Gasteiger partial charge >= 0.3 is 0 Å². The molecule has 1 amide bonds. The summed E-state index contributed by atoms with van der Waals surface area (Å²) in [5.74, 6) is 1.18. The van der Waals surface area contributed by atoms with Crippen molar-refractivity contribution in [3.05, 3.63) is 47.7 Å². The molecule has 0 saturated carbocycles. The number of hydrogen-bond donors (Lipinski definition) is 1. The Labute approximate surface area is 93.3 Å². The van der Waals surface area contributed by atoms with Crippen LogP contribution in [0.4, 0.5) is 5.69 Å². The van der Waals surface area contributed by atoms with Gasteiger partial charge in [-0.1, -0.05) is 0 Å². The van der Waals surface area contributed by atoms with Crippen LogP contribution in [-0.4, -0.2) is 10.9 Å². The fraction of sp³-hybridized carbons (Fsp3) is 0.167. The molecular weight excluding hydrogens is 204 g/mol. The first-order valence-electron chi connectivity index (χ1n) is 4.95. The summed E-state index contributed by atoms with van der Waals surface area (Å²) < 4.78 is 5.30. The number of pyridine rings is 1. The van der Waals surface area contributed by atoms with Gasteiger partial charge in [-0.15, -0.1) is 0 Å². The van der Waals surface area contributed by atoms with Crippen LogP contribution in [0.3, 0.4) is 0 Å². The van der Waals surface area contributed by atoms with Crippen molar-refractivity contribution in [1.29, 1.82) is 0 Å². The molecule has 0 aliphatic rings. The third-order valence-electron chi connectivity index (χ3n) is 2.21. The number of nitrogens with one attached hydrogen (secondary N) is 1. The molecule has 1 N–H and O–H groups in total. The maximum atomic E-state index is 11.8. The van der Waals surface area contributed by atoms with Crippen molar-refractivity contribution in [2.24, 2.45) is 0 Å². The molecule has 0 fully saturated rings. The molecule has 2 aromatic heterocycles. The van der Waals surface area contributed by atoms with E-state index in [4.69, 9.17) is 4.42 Å². The van der Waals surface area contributed by atoms with Crippen LogP contribution in [-0.2, 0) is 0 Å². The predicted molar refractivity (Wildman–Crippen MR) is 60.4 cm³/mol. The Kier molecular flexibility index (Phi) is 2.72. The topological polar surface area (TPSA) is 55.1 Å². The minimum Gasteiger partial charge on any atom is -0.466 e. The molecule has 0 aliphatic heterocycles. The van der Waals surface area contributed by atoms with E-state index in [0.29, 0.717) is 17.0 Å². The Bertz CT molecular complexity index is 503. The maximum absolute atomic E-state index is 11.8. The second-order valence-corrected chi connectivity index (χ2v) is 3.52. The van der Waals surface area contributed by atoms with E-state index in [1.54, 1.807) is 37.5 Å². The fourth-order valence-electron chi connectivity index (χ4n) is 1.49. The Morgan fingerprint density at radius 1 is 1.44 bits per heavy atom. The molecule has 82 valence electrons. The first kappa shape index (κ1) is 10.4. The van der Waals surface area contributed by atoms with E-state index in [0.717, 1.165) is 5.76 Å². The summed E-state index contributed by atoms with van der Waals surface area (Å²) in [5.41, 5.74) is 1.23. The number of rotatable bonds is 2. The van der Waals surface area contributed by atoms with E-state index in [9.17, 15) is 4.79 Å². The highest BCUT2D eigenvalue weighted by atomic mass is 16.3. The molecule has 2 aromatic rings. The fourth-order valence-corrected chi connectivity index (χ4v) is 1.49. The summed E-state index contributed by atoms with van der Waals surface area (Å²) in [6.45, 7) is 3.58. The lowest BCUT2D eigenvalue weighted by Gasteiger charge is -2.02. The number of aryl methyl sites for hydroxylation is 2. The van der Waals surface area contributed by atoms with Crippen LogP contribution in [0.2, 0.25) is 0 Å². The summed E-state index contributed by atoms with van der Waals surface area (Å²) in [5, 5.41) is 2.75. The molecule has 0 radical (unpaired) electrons. The van der Waals surface area contributed by atoms with Crippen LogP contribution >= 0.6 is 0 Å². The van der Waals surface area contributed by atoms with Crippen molar-refractivity contribution in [3.63, 3.8) is 0 Å². The van der Waals surface area contributed by atoms with Gasteiger partial charge in [0.15, 0.2) is 0 Å². The van der Waals surface area contributed by atoms with Gasteiger partial charge in [-0.05, 0) is 32.0 Å². The van der Waals surface area contributed by atoms with Gasteiger partial charge in [0.05, 0.1) is 17.4 Å². The Morgan fingerprint density at radius 3 is 2.81 bits per heavy atom. The highest BCUT2D eigenvalue weighted by Crippen LogP contribution is 2.15. The molecule has 0 bridgehead atoms. The van der Waals surface area contributed by atoms with E-state index in [1.807, 2.05) is 6.92 Å². The van der Waals surface area contributed by atoms with Crippen molar-refractivity contribution in [3.8, 4) is 0 Å². The molecule has 4 heteroatoms. The number of hydrogen-bond acceptors (Lipinski definition) is 3. The average molecular weight is 216 g/mol. The van der Waals surface area contributed by atoms with Gasteiger partial charge in [-0.25, -0.2) is 0 Å². The predicted octanol–water partition coefficient (Wildman–Crippen LogP) is 2.54. The summed E-state index contributed by atoms with van der Waals surface area (Å²) in [6, 6.07) is 5.28. The Hall–Kier alpha value is -2.10. The lowest BCUT2D eigenvalue weighted by Crippen LogP contribution is -2.12. The van der Waals surface area contributed by atoms with Crippen molar-refractivity contribution in [2.75, 3.05) is 5.32 Å². The van der Waals surface area contributed by atoms with Crippen LogP contribution in [0.15, 0.2) is 35.0 Å². The molecule has 0 aliphatic carbocycles. The van der Waals surface area contributed by atoms with Crippen LogP contribution < -0.4 is 5.32 Å². The minimum atomic E-state index is -0.178. The molecule has 2 heterocycles. The third kappa shape index (κ3) is 2.11. The number of carbonyl (C=O) groups excluding carboxylic acids is 1. The molecule has 16 heavy (non-hydrogen) atoms. The van der Waals surface area contributed by atoms with Crippen molar-refractivity contribution < 1.29 is 9.21 Å². The summed E-state index contributed by atoms with van der Waals surface area (Å²) in [4.78, 5) is 15.8. The van der Waals surface area contributed by atoms with E-state index >= 15 is 0 Å². The van der Waals surface area contributed by atoms with Crippen LogP contribution in [0, 0.1) is 13.8 Å². The van der Waals surface area contributed by atoms with E-state index in [-0.39, 0.29) is 5.91 Å². The SMILES string of the molecule is Cc1cc(C(=O)Nc2cccnc2)c(C)o1. The lowest BCUT2D eigenvalue weighted by atomic mass is 10.2. The molecule has 0 aromatic carbocycles. The molecule has 0 saturated heterocycles. The van der Waals surface area contributed by atoms with E-state index in [1.165, 1.54) is 0 Å². The number of amides is 1. The van der Waals surface area contributed by atoms with Gasteiger partial charge in [-0.3, -0.25) is 9.78 Å². The third-order valence-corrected chi connectivity index (χ3v) is 2.21. The largest absolute Gasteiger partial charge is 0.466 e. The molecule has 0 unspecified atom stereocenters. The zero-order chi connectivity index (χ0) is 11.5. The number of furan rings is 1. The highest BCUT2D eigenvalue weighted by Gasteiger charge is 2.13. The number of carbonyl (C=O) groups is 1. The van der Waals surface area contributed by atoms with Gasteiger partial charge < -0.3 is 9.73 Å². The van der Waals surface area contributed by atoms with Gasteiger partial charge in [0.1, 0.15) is 11.5 Å². The number of anilines is 1. The molecular formula is C12H12N2O2. The number of aromatic nitrogens is 1. The molecule has 4 nitrogen and oxygen atoms in total. The normalized spacial score (nSPS) is 10.1. The van der Waals surface area contributed by atoms with Crippen LogP contribution in [0.5, 0.6) is 0 Å². The van der Waals surface area contributed by atoms with E-state index in [2.05, 4.69) is 10.3 Å². The standard InChI is InChI=1S/C12H12N2O2/c1-8-6-11(9(2)16-8)12(15)14-10-4-3-5-13-7-10/h3-7H,1-2H3,(H,14,15). The summed E-state index contributed by atoms with van der Waals surface area (Å²) in [7, 11) is 0. The lowest BCUT2D eigenvalue weighted by molar-refractivity contribution is 0.102. The monoisotopic (exact) mass is 216 g/mol. The highest BCUT2D eigenvalue weighted by molar-refractivity contribution is 6.04. The van der Waals surface area contributed by atoms with Crippen molar-refractivity contribution >= 4 is 11.6 Å². The second-order valence-electron chi connectivity index (χ2n) is 3.52. The van der Waals surface area contributed by atoms with Crippen LogP contribution in [0.1, 0.15) is 21.9 Å². The maximum Gasteiger partial charge on any atom is 0.259 e. The Morgan fingerprint density at radius 2 is 2.25 bits per heavy atom. The Balaban J connectivity index is 2.18. The summed E-state index contributed by atoms with van der Waals surface area (Å²) >= 11 is 0. The first-order chi connectivity index (χ1) is 7.66.